The number of nitrogens with two attached hydrogens (primary N) is 1. The Hall–Kier alpha value is -2.04. The van der Waals surface area contributed by atoms with Gasteiger partial charge in [-0.05, 0) is 18.2 Å². The van der Waals surface area contributed by atoms with Gasteiger partial charge in [0.15, 0.2) is 0 Å². The van der Waals surface area contributed by atoms with E-state index in [9.17, 15) is 9.59 Å². The van der Waals surface area contributed by atoms with Gasteiger partial charge < -0.3 is 10.6 Å². The summed E-state index contributed by atoms with van der Waals surface area (Å²) in [6, 6.07) is 6.34. The Labute approximate surface area is 80.8 Å². The lowest BCUT2D eigenvalue weighted by molar-refractivity contribution is -0.138. The lowest BCUT2D eigenvalue weighted by Crippen LogP contribution is -2.12. The van der Waals surface area contributed by atoms with Crippen molar-refractivity contribution in [1.29, 1.82) is 0 Å². The first kappa shape index (κ1) is 10.0. The van der Waals surface area contributed by atoms with Gasteiger partial charge in [0.05, 0.1) is 5.69 Å². The molecule has 14 heavy (non-hydrogen) atoms. The molecule has 0 saturated heterocycles. The van der Waals surface area contributed by atoms with Crippen molar-refractivity contribution in [2.75, 3.05) is 5.48 Å². The van der Waals surface area contributed by atoms with Crippen LogP contribution in [0.2, 0.25) is 0 Å². The zero-order valence-corrected chi connectivity index (χ0v) is 7.61. The van der Waals surface area contributed by atoms with E-state index in [2.05, 4.69) is 10.3 Å². The van der Waals surface area contributed by atoms with Gasteiger partial charge in [0.2, 0.25) is 5.91 Å². The average molecular weight is 194 g/mol. The van der Waals surface area contributed by atoms with Crippen LogP contribution in [0.4, 0.5) is 5.69 Å². The average Bonchev–Trinajstić information content (AvgIpc) is 2.15. The van der Waals surface area contributed by atoms with Gasteiger partial charge >= 0.3 is 5.97 Å². The van der Waals surface area contributed by atoms with Crippen LogP contribution in [0.3, 0.4) is 0 Å². The van der Waals surface area contributed by atoms with E-state index in [-0.39, 0.29) is 0 Å². The molecule has 74 valence electrons. The summed E-state index contributed by atoms with van der Waals surface area (Å²) in [5.74, 6) is -0.994. The van der Waals surface area contributed by atoms with Gasteiger partial charge in [-0.3, -0.25) is 9.59 Å². The predicted octanol–water partition coefficient (Wildman–Crippen LogP) is 0.675. The van der Waals surface area contributed by atoms with E-state index >= 15 is 0 Å². The minimum Gasteiger partial charge on any atom is -0.366 e. The molecule has 1 rings (SSSR count). The maximum atomic E-state index is 10.8. The van der Waals surface area contributed by atoms with E-state index in [1.54, 1.807) is 18.2 Å². The molecular weight excluding hydrogens is 184 g/mol. The summed E-state index contributed by atoms with van der Waals surface area (Å²) in [4.78, 5) is 25.8. The summed E-state index contributed by atoms with van der Waals surface area (Å²) in [5.41, 5.74) is 8.29. The van der Waals surface area contributed by atoms with Gasteiger partial charge in [-0.15, -0.1) is 0 Å². The van der Waals surface area contributed by atoms with E-state index in [0.717, 1.165) is 0 Å². The number of rotatable bonds is 3. The van der Waals surface area contributed by atoms with Crippen molar-refractivity contribution in [2.24, 2.45) is 5.73 Å². The molecule has 5 nitrogen and oxygen atoms in total. The highest BCUT2D eigenvalue weighted by Crippen LogP contribution is 2.09. The summed E-state index contributed by atoms with van der Waals surface area (Å²) in [7, 11) is 0. The third-order valence-corrected chi connectivity index (χ3v) is 1.46. The minimum atomic E-state index is -0.531. The lowest BCUT2D eigenvalue weighted by Gasteiger charge is -2.05. The Morgan fingerprint density at radius 1 is 1.43 bits per heavy atom. The number of nitrogens with one attached hydrogen (secondary N) is 1. The van der Waals surface area contributed by atoms with Crippen molar-refractivity contribution in [3.05, 3.63) is 29.8 Å². The molecule has 1 amide bonds. The predicted molar refractivity (Wildman–Crippen MR) is 50.3 cm³/mol. The topological polar surface area (TPSA) is 81.4 Å². The maximum Gasteiger partial charge on any atom is 0.329 e. The van der Waals surface area contributed by atoms with Crippen LogP contribution >= 0.6 is 0 Å². The summed E-state index contributed by atoms with van der Waals surface area (Å²) >= 11 is 0. The molecule has 3 N–H and O–H groups in total. The number of benzene rings is 1. The zero-order valence-electron chi connectivity index (χ0n) is 7.61. The highest BCUT2D eigenvalue weighted by atomic mass is 16.7. The highest BCUT2D eigenvalue weighted by molar-refractivity contribution is 5.93. The molecule has 1 aromatic carbocycles. The Kier molecular flexibility index (Phi) is 3.06. The number of carbonyl (C=O) groups excluding carboxylic acids is 2. The first-order valence-electron chi connectivity index (χ1n) is 3.93. The standard InChI is InChI=1S/C9H10N2O3/c1-6(12)14-11-8-4-2-3-7(5-8)9(10)13/h2-5,11H,1H3,(H2,10,13). The summed E-state index contributed by atoms with van der Waals surface area (Å²) < 4.78 is 0. The molecule has 5 heteroatoms. The quantitative estimate of drug-likeness (QED) is 0.693. The van der Waals surface area contributed by atoms with E-state index in [4.69, 9.17) is 5.73 Å². The smallest absolute Gasteiger partial charge is 0.329 e. The fourth-order valence-corrected chi connectivity index (χ4v) is 0.867. The first-order chi connectivity index (χ1) is 6.59. The van der Waals surface area contributed by atoms with Gasteiger partial charge in [-0.1, -0.05) is 6.07 Å². The van der Waals surface area contributed by atoms with Crippen LogP contribution < -0.4 is 11.2 Å². The monoisotopic (exact) mass is 194 g/mol. The van der Waals surface area contributed by atoms with E-state index in [1.165, 1.54) is 13.0 Å². The van der Waals surface area contributed by atoms with Crippen molar-refractivity contribution in [2.45, 2.75) is 6.92 Å². The SMILES string of the molecule is CC(=O)ONc1cccc(C(N)=O)c1. The van der Waals surface area contributed by atoms with Crippen LogP contribution in [0, 0.1) is 0 Å². The van der Waals surface area contributed by atoms with Crippen molar-refractivity contribution < 1.29 is 14.4 Å². The molecule has 0 saturated carbocycles. The fraction of sp³-hybridized carbons (Fsp3) is 0.111. The Morgan fingerprint density at radius 3 is 2.71 bits per heavy atom. The zero-order chi connectivity index (χ0) is 10.6. The summed E-state index contributed by atoms with van der Waals surface area (Å²) in [6.07, 6.45) is 0. The molecule has 0 aliphatic rings. The van der Waals surface area contributed by atoms with Crippen LogP contribution in [-0.4, -0.2) is 11.9 Å². The third-order valence-electron chi connectivity index (χ3n) is 1.46. The molecule has 0 spiro atoms. The van der Waals surface area contributed by atoms with Gasteiger partial charge in [-0.25, -0.2) is 5.48 Å². The van der Waals surface area contributed by atoms with Crippen molar-refractivity contribution in [3.8, 4) is 0 Å². The Morgan fingerprint density at radius 2 is 2.14 bits per heavy atom. The second-order valence-corrected chi connectivity index (χ2v) is 2.64. The van der Waals surface area contributed by atoms with Crippen molar-refractivity contribution in [1.82, 2.24) is 0 Å². The van der Waals surface area contributed by atoms with Gasteiger partial charge in [0, 0.05) is 12.5 Å². The van der Waals surface area contributed by atoms with Crippen LogP contribution in [-0.2, 0) is 9.63 Å². The van der Waals surface area contributed by atoms with Crippen LogP contribution in [0.15, 0.2) is 24.3 Å². The largest absolute Gasteiger partial charge is 0.366 e. The molecular formula is C9H10N2O3. The normalized spacial score (nSPS) is 9.21. The number of primary amides is 1. The van der Waals surface area contributed by atoms with E-state index in [0.29, 0.717) is 11.3 Å². The van der Waals surface area contributed by atoms with Crippen LogP contribution in [0.1, 0.15) is 17.3 Å². The van der Waals surface area contributed by atoms with Crippen molar-refractivity contribution >= 4 is 17.6 Å². The first-order valence-corrected chi connectivity index (χ1v) is 3.93. The summed E-state index contributed by atoms with van der Waals surface area (Å²) in [6.45, 7) is 1.27. The number of amides is 1. The highest BCUT2D eigenvalue weighted by Gasteiger charge is 2.01. The molecule has 0 aliphatic heterocycles. The number of anilines is 1. The second kappa shape index (κ2) is 4.27. The molecule has 0 aliphatic carbocycles. The molecule has 0 bridgehead atoms. The number of hydrogen-bond donors (Lipinski definition) is 2. The van der Waals surface area contributed by atoms with E-state index < -0.39 is 11.9 Å². The van der Waals surface area contributed by atoms with Gasteiger partial charge in [-0.2, -0.15) is 0 Å². The number of carbonyl (C=O) groups is 2. The van der Waals surface area contributed by atoms with Crippen molar-refractivity contribution in [3.63, 3.8) is 0 Å². The maximum absolute atomic E-state index is 10.8. The van der Waals surface area contributed by atoms with E-state index in [1.807, 2.05) is 0 Å². The fourth-order valence-electron chi connectivity index (χ4n) is 0.867. The molecule has 0 heterocycles. The number of hydrogen-bond acceptors (Lipinski definition) is 4. The molecule has 0 atom stereocenters. The second-order valence-electron chi connectivity index (χ2n) is 2.64. The molecule has 1 aromatic rings. The Bertz CT molecular complexity index is 363. The lowest BCUT2D eigenvalue weighted by atomic mass is 10.2. The third kappa shape index (κ3) is 2.78. The van der Waals surface area contributed by atoms with Crippen LogP contribution in [0.5, 0.6) is 0 Å². The van der Waals surface area contributed by atoms with Gasteiger partial charge in [0.25, 0.3) is 0 Å². The van der Waals surface area contributed by atoms with Gasteiger partial charge in [0.1, 0.15) is 0 Å². The molecule has 0 fully saturated rings. The summed E-state index contributed by atoms with van der Waals surface area (Å²) in [5, 5.41) is 0. The molecule has 0 aromatic heterocycles. The van der Waals surface area contributed by atoms with Crippen LogP contribution in [0.25, 0.3) is 0 Å². The molecule has 0 unspecified atom stereocenters. The Balaban J connectivity index is 2.73. The minimum absolute atomic E-state index is 0.349. The molecule has 0 radical (unpaired) electrons.